The van der Waals surface area contributed by atoms with Gasteiger partial charge < -0.3 is 34.5 Å². The second kappa shape index (κ2) is 16.1. The molecule has 15 nitrogen and oxygen atoms in total. The van der Waals surface area contributed by atoms with Crippen LogP contribution in [0.1, 0.15) is 41.0 Å². The van der Waals surface area contributed by atoms with Crippen LogP contribution >= 0.6 is 0 Å². The largest absolute Gasteiger partial charge is 0.466 e. The van der Waals surface area contributed by atoms with Crippen LogP contribution in [0.4, 0.5) is 9.59 Å². The number of guanidine groups is 1. The van der Waals surface area contributed by atoms with E-state index in [4.69, 9.17) is 24.7 Å². The first-order chi connectivity index (χ1) is 20.4. The van der Waals surface area contributed by atoms with Crippen LogP contribution in [0, 0.1) is 0 Å². The summed E-state index contributed by atoms with van der Waals surface area (Å²) in [6, 6.07) is -0.670. The van der Waals surface area contributed by atoms with Crippen molar-refractivity contribution in [1.29, 1.82) is 0 Å². The third kappa shape index (κ3) is 11.1. The molecule has 3 heterocycles. The lowest BCUT2D eigenvalue weighted by molar-refractivity contribution is -0.157. The average molecular weight is 612 g/mol. The van der Waals surface area contributed by atoms with E-state index in [0.29, 0.717) is 65.4 Å². The molecule has 2 N–H and O–H groups in total. The van der Waals surface area contributed by atoms with E-state index in [2.05, 4.69) is 14.8 Å². The molecule has 0 saturated carbocycles. The quantitative estimate of drug-likeness (QED) is 0.146. The molecule has 0 aliphatic carbocycles. The summed E-state index contributed by atoms with van der Waals surface area (Å²) in [5.74, 6) is -0.682. The molecule has 2 atom stereocenters. The molecular formula is C28H49N7O8. The second-order valence-electron chi connectivity index (χ2n) is 11.8. The van der Waals surface area contributed by atoms with Gasteiger partial charge in [0.05, 0.1) is 26.2 Å². The molecule has 0 radical (unpaired) electrons. The summed E-state index contributed by atoms with van der Waals surface area (Å²) in [5.41, 5.74) is 5.38. The van der Waals surface area contributed by atoms with E-state index in [-0.39, 0.29) is 37.8 Å². The fraction of sp³-hybridized carbons (Fsp3) is 0.821. The van der Waals surface area contributed by atoms with E-state index in [0.717, 1.165) is 13.1 Å². The number of ether oxygens (including phenoxy) is 4. The monoisotopic (exact) mass is 611 g/mol. The lowest BCUT2D eigenvalue weighted by Gasteiger charge is -2.38. The number of carbonyl (C=O) groups is 4. The van der Waals surface area contributed by atoms with Crippen LogP contribution in [0.25, 0.3) is 0 Å². The third-order valence-electron chi connectivity index (χ3n) is 7.46. The fourth-order valence-corrected chi connectivity index (χ4v) is 5.29. The molecule has 2 unspecified atom stereocenters. The summed E-state index contributed by atoms with van der Waals surface area (Å²) >= 11 is 0. The summed E-state index contributed by atoms with van der Waals surface area (Å²) in [5, 5.41) is 0. The number of nitrogens with two attached hydrogens (primary N) is 1. The summed E-state index contributed by atoms with van der Waals surface area (Å²) in [6.07, 6.45) is -1.29. The van der Waals surface area contributed by atoms with Crippen molar-refractivity contribution < 1.29 is 38.1 Å². The van der Waals surface area contributed by atoms with Crippen LogP contribution in [0.2, 0.25) is 0 Å². The van der Waals surface area contributed by atoms with Gasteiger partial charge in [0.15, 0.2) is 0 Å². The van der Waals surface area contributed by atoms with Crippen molar-refractivity contribution >= 4 is 30.1 Å². The zero-order valence-corrected chi connectivity index (χ0v) is 26.3. The maximum atomic E-state index is 12.6. The topological polar surface area (TPSA) is 160 Å². The zero-order chi connectivity index (χ0) is 31.6. The van der Waals surface area contributed by atoms with Gasteiger partial charge in [-0.2, -0.15) is 0 Å². The Balaban J connectivity index is 1.38. The molecule has 15 heteroatoms. The van der Waals surface area contributed by atoms with Gasteiger partial charge in [-0.3, -0.25) is 24.3 Å². The standard InChI is InChI=1S/C28H49N7O8/c1-6-40-23(36)18-22(24(37)41-7-2)33-13-11-32(12-14-33)19-21-20-35(27(39)42-21)17-10-31-8-15-34(16-9-31)25(29)30-26(38)43-28(3,4)5/h21-22H,6-20H2,1-5H3,(H2,29,30,38). The lowest BCUT2D eigenvalue weighted by atomic mass is 10.1. The molecule has 3 aliphatic heterocycles. The molecule has 3 fully saturated rings. The summed E-state index contributed by atoms with van der Waals surface area (Å²) in [6.45, 7) is 16.9. The Hall–Kier alpha value is -3.17. The van der Waals surface area contributed by atoms with Crippen LogP contribution in [0.15, 0.2) is 4.99 Å². The molecule has 3 rings (SSSR count). The fourth-order valence-electron chi connectivity index (χ4n) is 5.29. The molecule has 0 spiro atoms. The van der Waals surface area contributed by atoms with Crippen LogP contribution in [-0.4, -0.2) is 164 Å². The Morgan fingerprint density at radius 2 is 1.58 bits per heavy atom. The van der Waals surface area contributed by atoms with Crippen molar-refractivity contribution in [3.63, 3.8) is 0 Å². The van der Waals surface area contributed by atoms with E-state index in [1.54, 1.807) is 39.5 Å². The van der Waals surface area contributed by atoms with Crippen molar-refractivity contribution in [2.45, 2.75) is 58.8 Å². The molecule has 2 amide bonds. The first-order valence-corrected chi connectivity index (χ1v) is 15.2. The number of cyclic esters (lactones) is 1. The van der Waals surface area contributed by atoms with Gasteiger partial charge in [-0.05, 0) is 34.6 Å². The van der Waals surface area contributed by atoms with Crippen molar-refractivity contribution in [3.05, 3.63) is 0 Å². The van der Waals surface area contributed by atoms with Gasteiger partial charge in [0.1, 0.15) is 17.7 Å². The Morgan fingerprint density at radius 1 is 0.953 bits per heavy atom. The molecule has 0 aromatic rings. The third-order valence-corrected chi connectivity index (χ3v) is 7.46. The number of carbonyl (C=O) groups excluding carboxylic acids is 4. The minimum Gasteiger partial charge on any atom is -0.466 e. The highest BCUT2D eigenvalue weighted by Gasteiger charge is 2.36. The van der Waals surface area contributed by atoms with Crippen LogP contribution < -0.4 is 5.73 Å². The minimum absolute atomic E-state index is 0.0377. The zero-order valence-electron chi connectivity index (χ0n) is 26.3. The molecule has 3 aliphatic rings. The Labute approximate surface area is 254 Å². The molecule has 0 aromatic carbocycles. The van der Waals surface area contributed by atoms with Gasteiger partial charge in [-0.25, -0.2) is 9.59 Å². The Morgan fingerprint density at radius 3 is 2.19 bits per heavy atom. The van der Waals surface area contributed by atoms with E-state index in [1.807, 2.05) is 9.80 Å². The van der Waals surface area contributed by atoms with Crippen LogP contribution in [0.5, 0.6) is 0 Å². The molecule has 244 valence electrons. The first-order valence-electron chi connectivity index (χ1n) is 15.2. The van der Waals surface area contributed by atoms with Crippen molar-refractivity contribution in [2.75, 3.05) is 91.8 Å². The van der Waals surface area contributed by atoms with Gasteiger partial charge in [-0.1, -0.05) is 0 Å². The number of aliphatic imine (C=N–C) groups is 1. The molecular weight excluding hydrogens is 562 g/mol. The average Bonchev–Trinajstić information content (AvgIpc) is 3.29. The number of amides is 2. The van der Waals surface area contributed by atoms with E-state index in [9.17, 15) is 19.2 Å². The van der Waals surface area contributed by atoms with Gasteiger partial charge in [0, 0.05) is 72.0 Å². The smallest absolute Gasteiger partial charge is 0.437 e. The molecule has 43 heavy (non-hydrogen) atoms. The van der Waals surface area contributed by atoms with Gasteiger partial charge in [-0.15, -0.1) is 4.99 Å². The molecule has 0 aromatic heterocycles. The number of nitrogens with zero attached hydrogens (tertiary/aromatic N) is 6. The van der Waals surface area contributed by atoms with E-state index in [1.165, 1.54) is 0 Å². The van der Waals surface area contributed by atoms with Gasteiger partial charge in [0.2, 0.25) is 5.96 Å². The van der Waals surface area contributed by atoms with Crippen LogP contribution in [-0.2, 0) is 28.5 Å². The highest BCUT2D eigenvalue weighted by Crippen LogP contribution is 2.17. The first kappa shape index (κ1) is 34.3. The van der Waals surface area contributed by atoms with Crippen molar-refractivity contribution in [2.24, 2.45) is 10.7 Å². The highest BCUT2D eigenvalue weighted by molar-refractivity contribution is 5.89. The van der Waals surface area contributed by atoms with Crippen molar-refractivity contribution in [1.82, 2.24) is 24.5 Å². The van der Waals surface area contributed by atoms with Gasteiger partial charge >= 0.3 is 24.1 Å². The molecule has 0 bridgehead atoms. The highest BCUT2D eigenvalue weighted by atomic mass is 16.6. The molecule has 3 saturated heterocycles. The number of piperazine rings is 2. The van der Waals surface area contributed by atoms with E-state index < -0.39 is 29.7 Å². The van der Waals surface area contributed by atoms with E-state index >= 15 is 0 Å². The number of esters is 2. The SMILES string of the molecule is CCOC(=O)CC(C(=O)OCC)N1CCN(CC2CN(CCN3CCN(C(N)=NC(=O)OC(C)(C)C)CC3)C(=O)O2)CC1. The predicted octanol–water partition coefficient (Wildman–Crippen LogP) is 0.177. The second-order valence-corrected chi connectivity index (χ2v) is 11.8. The Kier molecular flexibility index (Phi) is 12.8. The number of hydrogen-bond donors (Lipinski definition) is 1. The lowest BCUT2D eigenvalue weighted by Crippen LogP contribution is -2.55. The predicted molar refractivity (Wildman–Crippen MR) is 157 cm³/mol. The Bertz CT molecular complexity index is 988. The van der Waals surface area contributed by atoms with Gasteiger partial charge in [0.25, 0.3) is 0 Å². The van der Waals surface area contributed by atoms with Crippen LogP contribution in [0.3, 0.4) is 0 Å². The maximum Gasteiger partial charge on any atom is 0.437 e. The summed E-state index contributed by atoms with van der Waals surface area (Å²) in [7, 11) is 0. The number of hydrogen-bond acceptors (Lipinski definition) is 11. The summed E-state index contributed by atoms with van der Waals surface area (Å²) in [4.78, 5) is 63.0. The summed E-state index contributed by atoms with van der Waals surface area (Å²) < 4.78 is 21.1. The normalized spacial score (nSPS) is 21.8. The number of rotatable bonds is 11. The maximum absolute atomic E-state index is 12.6. The van der Waals surface area contributed by atoms with Crippen molar-refractivity contribution in [3.8, 4) is 0 Å². The minimum atomic E-state index is -0.703.